The number of hydrogen-bond acceptors (Lipinski definition) is 3. The summed E-state index contributed by atoms with van der Waals surface area (Å²) in [6.07, 6.45) is 1.98. The molecule has 0 saturated carbocycles. The van der Waals surface area contributed by atoms with E-state index >= 15 is 0 Å². The maximum absolute atomic E-state index is 12.6. The average molecular weight is 384 g/mol. The molecule has 1 aliphatic heterocycles. The standard InChI is InChI=1S/C14H13IN2OS/c15-13-7-10(8-19-13)14(18)17-5-1-2-9-6-11(16)3-4-12(9)17/h3-4,6-8H,1-2,5,16H2. The maximum atomic E-state index is 12.6. The van der Waals surface area contributed by atoms with E-state index in [-0.39, 0.29) is 5.91 Å². The van der Waals surface area contributed by atoms with Crippen LogP contribution >= 0.6 is 33.9 Å². The van der Waals surface area contributed by atoms with Gasteiger partial charge in [0.25, 0.3) is 5.91 Å². The predicted molar refractivity (Wildman–Crippen MR) is 87.9 cm³/mol. The second-order valence-corrected chi connectivity index (χ2v) is 7.39. The van der Waals surface area contributed by atoms with Crippen LogP contribution in [0.4, 0.5) is 11.4 Å². The minimum atomic E-state index is 0.0879. The minimum Gasteiger partial charge on any atom is -0.399 e. The molecule has 98 valence electrons. The number of fused-ring (bicyclic) bond motifs is 1. The molecule has 19 heavy (non-hydrogen) atoms. The number of aryl methyl sites for hydroxylation is 1. The smallest absolute Gasteiger partial charge is 0.259 e. The van der Waals surface area contributed by atoms with Crippen LogP contribution in [0, 0.1) is 2.88 Å². The molecule has 0 radical (unpaired) electrons. The number of amides is 1. The maximum Gasteiger partial charge on any atom is 0.259 e. The van der Waals surface area contributed by atoms with Crippen LogP contribution in [-0.2, 0) is 6.42 Å². The molecule has 2 N–H and O–H groups in total. The van der Waals surface area contributed by atoms with Gasteiger partial charge in [0, 0.05) is 23.3 Å². The fourth-order valence-electron chi connectivity index (χ4n) is 2.41. The molecule has 1 aromatic carbocycles. The first kappa shape index (κ1) is 12.9. The molecule has 1 aromatic heterocycles. The van der Waals surface area contributed by atoms with Crippen molar-refractivity contribution in [3.8, 4) is 0 Å². The first-order chi connectivity index (χ1) is 9.15. The number of anilines is 2. The Labute approximate surface area is 129 Å². The van der Waals surface area contributed by atoms with E-state index < -0.39 is 0 Å². The van der Waals surface area contributed by atoms with Crippen molar-refractivity contribution in [2.24, 2.45) is 0 Å². The Balaban J connectivity index is 1.97. The summed E-state index contributed by atoms with van der Waals surface area (Å²) >= 11 is 3.84. The zero-order chi connectivity index (χ0) is 13.4. The third-order valence-electron chi connectivity index (χ3n) is 3.28. The van der Waals surface area contributed by atoms with Gasteiger partial charge in [-0.15, -0.1) is 11.3 Å². The molecule has 1 amide bonds. The summed E-state index contributed by atoms with van der Waals surface area (Å²) in [5, 5.41) is 1.93. The molecular weight excluding hydrogens is 371 g/mol. The van der Waals surface area contributed by atoms with Crippen LogP contribution in [0.25, 0.3) is 0 Å². The number of nitrogens with two attached hydrogens (primary N) is 1. The molecule has 5 heteroatoms. The monoisotopic (exact) mass is 384 g/mol. The molecule has 3 nitrogen and oxygen atoms in total. The lowest BCUT2D eigenvalue weighted by Crippen LogP contribution is -2.35. The van der Waals surface area contributed by atoms with Gasteiger partial charge in [-0.3, -0.25) is 4.79 Å². The van der Waals surface area contributed by atoms with E-state index in [4.69, 9.17) is 5.73 Å². The van der Waals surface area contributed by atoms with E-state index in [1.165, 1.54) is 5.56 Å². The van der Waals surface area contributed by atoms with Crippen molar-refractivity contribution < 1.29 is 4.79 Å². The van der Waals surface area contributed by atoms with Gasteiger partial charge in [-0.2, -0.15) is 0 Å². The molecule has 1 aliphatic rings. The number of carbonyl (C=O) groups excluding carboxylic acids is 1. The summed E-state index contributed by atoms with van der Waals surface area (Å²) in [5.74, 6) is 0.0879. The summed E-state index contributed by atoms with van der Waals surface area (Å²) < 4.78 is 1.13. The molecule has 2 aromatic rings. The van der Waals surface area contributed by atoms with E-state index in [9.17, 15) is 4.79 Å². The summed E-state index contributed by atoms with van der Waals surface area (Å²) in [6, 6.07) is 7.74. The van der Waals surface area contributed by atoms with Gasteiger partial charge in [0.1, 0.15) is 0 Å². The normalized spacial score (nSPS) is 14.3. The molecule has 0 unspecified atom stereocenters. The number of nitrogens with zero attached hydrogens (tertiary/aromatic N) is 1. The summed E-state index contributed by atoms with van der Waals surface area (Å²) in [7, 11) is 0. The number of nitrogen functional groups attached to an aromatic ring is 1. The fourth-order valence-corrected chi connectivity index (χ4v) is 3.73. The third-order valence-corrected chi connectivity index (χ3v) is 5.07. The Morgan fingerprint density at radius 2 is 2.21 bits per heavy atom. The van der Waals surface area contributed by atoms with Gasteiger partial charge < -0.3 is 10.6 Å². The Morgan fingerprint density at radius 3 is 2.95 bits per heavy atom. The van der Waals surface area contributed by atoms with Crippen LogP contribution < -0.4 is 10.6 Å². The number of benzene rings is 1. The van der Waals surface area contributed by atoms with Crippen LogP contribution in [0.5, 0.6) is 0 Å². The van der Waals surface area contributed by atoms with Gasteiger partial charge in [-0.25, -0.2) is 0 Å². The van der Waals surface area contributed by atoms with E-state index in [1.807, 2.05) is 34.5 Å². The highest BCUT2D eigenvalue weighted by molar-refractivity contribution is 14.1. The largest absolute Gasteiger partial charge is 0.399 e. The molecule has 3 rings (SSSR count). The second kappa shape index (κ2) is 5.13. The molecular formula is C14H13IN2OS. The van der Waals surface area contributed by atoms with Gasteiger partial charge in [-0.1, -0.05) is 0 Å². The third kappa shape index (κ3) is 2.49. The van der Waals surface area contributed by atoms with Crippen LogP contribution in [-0.4, -0.2) is 12.5 Å². The van der Waals surface area contributed by atoms with Crippen LogP contribution in [0.1, 0.15) is 22.3 Å². The van der Waals surface area contributed by atoms with Crippen molar-refractivity contribution in [2.75, 3.05) is 17.2 Å². The molecule has 0 atom stereocenters. The Kier molecular flexibility index (Phi) is 3.49. The molecule has 2 heterocycles. The number of thiophene rings is 1. The van der Waals surface area contributed by atoms with Gasteiger partial charge >= 0.3 is 0 Å². The molecule has 0 bridgehead atoms. The van der Waals surface area contributed by atoms with Crippen molar-refractivity contribution in [2.45, 2.75) is 12.8 Å². The number of hydrogen-bond donors (Lipinski definition) is 1. The summed E-state index contributed by atoms with van der Waals surface area (Å²) in [5.41, 5.74) is 9.53. The highest BCUT2D eigenvalue weighted by Crippen LogP contribution is 2.30. The molecule has 0 spiro atoms. The van der Waals surface area contributed by atoms with Crippen molar-refractivity contribution in [3.05, 3.63) is 43.7 Å². The van der Waals surface area contributed by atoms with Gasteiger partial charge in [0.2, 0.25) is 0 Å². The lowest BCUT2D eigenvalue weighted by Gasteiger charge is -2.29. The Hall–Kier alpha value is -1.08. The summed E-state index contributed by atoms with van der Waals surface area (Å²) in [6.45, 7) is 0.780. The van der Waals surface area contributed by atoms with Crippen LogP contribution in [0.2, 0.25) is 0 Å². The van der Waals surface area contributed by atoms with Crippen molar-refractivity contribution in [1.29, 1.82) is 0 Å². The lowest BCUT2D eigenvalue weighted by atomic mass is 10.0. The lowest BCUT2D eigenvalue weighted by molar-refractivity contribution is 0.0985. The van der Waals surface area contributed by atoms with E-state index in [0.717, 1.165) is 39.2 Å². The Morgan fingerprint density at radius 1 is 1.37 bits per heavy atom. The van der Waals surface area contributed by atoms with Crippen molar-refractivity contribution in [1.82, 2.24) is 0 Å². The first-order valence-corrected chi connectivity index (χ1v) is 8.05. The van der Waals surface area contributed by atoms with Crippen LogP contribution in [0.15, 0.2) is 29.6 Å². The quantitative estimate of drug-likeness (QED) is 0.604. The van der Waals surface area contributed by atoms with Gasteiger partial charge in [0.05, 0.1) is 8.45 Å². The van der Waals surface area contributed by atoms with Crippen molar-refractivity contribution in [3.63, 3.8) is 0 Å². The zero-order valence-corrected chi connectivity index (χ0v) is 13.2. The molecule has 0 aliphatic carbocycles. The number of halogens is 1. The van der Waals surface area contributed by atoms with Crippen molar-refractivity contribution >= 4 is 51.2 Å². The molecule has 0 fully saturated rings. The second-order valence-electron chi connectivity index (χ2n) is 4.59. The van der Waals surface area contributed by atoms with Gasteiger partial charge in [0.15, 0.2) is 0 Å². The highest BCUT2D eigenvalue weighted by Gasteiger charge is 2.24. The first-order valence-electron chi connectivity index (χ1n) is 6.09. The van der Waals surface area contributed by atoms with Crippen LogP contribution in [0.3, 0.4) is 0 Å². The minimum absolute atomic E-state index is 0.0879. The van der Waals surface area contributed by atoms with E-state index in [2.05, 4.69) is 22.6 Å². The highest BCUT2D eigenvalue weighted by atomic mass is 127. The predicted octanol–water partition coefficient (Wildman–Crippen LogP) is 3.53. The van der Waals surface area contributed by atoms with Gasteiger partial charge in [-0.05, 0) is 65.3 Å². The Bertz CT molecular complexity index is 638. The van der Waals surface area contributed by atoms with E-state index in [1.54, 1.807) is 11.3 Å². The van der Waals surface area contributed by atoms with E-state index in [0.29, 0.717) is 0 Å². The zero-order valence-electron chi connectivity index (χ0n) is 10.2. The molecule has 0 saturated heterocycles. The topological polar surface area (TPSA) is 46.3 Å². The SMILES string of the molecule is Nc1ccc2c(c1)CCCN2C(=O)c1csc(I)c1. The number of rotatable bonds is 1. The summed E-state index contributed by atoms with van der Waals surface area (Å²) in [4.78, 5) is 14.4. The number of carbonyl (C=O) groups is 1. The fraction of sp³-hybridized carbons (Fsp3) is 0.214. The average Bonchev–Trinajstić information content (AvgIpc) is 2.83.